The quantitative estimate of drug-likeness (QED) is 0.561. The molecule has 0 radical (unpaired) electrons. The molecule has 2 N–H and O–H groups in total. The lowest BCUT2D eigenvalue weighted by molar-refractivity contribution is -0.131. The first-order valence-corrected chi connectivity index (χ1v) is 9.44. The number of nitrogens with one attached hydrogen (secondary N) is 1. The van der Waals surface area contributed by atoms with E-state index in [1.54, 1.807) is 12.1 Å². The first-order valence-electron chi connectivity index (χ1n) is 7.54. The number of sulfone groups is 1. The van der Waals surface area contributed by atoms with Crippen LogP contribution in [0, 0.1) is 5.82 Å². The van der Waals surface area contributed by atoms with E-state index in [1.165, 1.54) is 17.9 Å². The van der Waals surface area contributed by atoms with Gasteiger partial charge in [-0.1, -0.05) is 6.07 Å². The third-order valence-corrected chi connectivity index (χ3v) is 6.31. The summed E-state index contributed by atoms with van der Waals surface area (Å²) in [4.78, 5) is 27.9. The van der Waals surface area contributed by atoms with Crippen molar-refractivity contribution in [2.24, 2.45) is 0 Å². The van der Waals surface area contributed by atoms with Gasteiger partial charge in [-0.15, -0.1) is 0 Å². The second-order valence-corrected chi connectivity index (χ2v) is 8.45. The fourth-order valence-corrected chi connectivity index (χ4v) is 3.23. The lowest BCUT2D eigenvalue weighted by Gasteiger charge is -2.25. The zero-order chi connectivity index (χ0) is 19.5. The number of pyridine rings is 2. The van der Waals surface area contributed by atoms with Gasteiger partial charge in [0.05, 0.1) is 0 Å². The molecule has 1 amide bonds. The van der Waals surface area contributed by atoms with E-state index < -0.39 is 31.9 Å². The maximum absolute atomic E-state index is 14.4. The first kappa shape index (κ1) is 19.7. The SMILES string of the molecule is CC(CCn1cc(F)c(-c2cccnc2)cc1=O)(C(=O)NO)S(C)(=O)=O. The van der Waals surface area contributed by atoms with Crippen LogP contribution in [0.4, 0.5) is 4.39 Å². The number of hydrogen-bond donors (Lipinski definition) is 2. The molecule has 26 heavy (non-hydrogen) atoms. The highest BCUT2D eigenvalue weighted by atomic mass is 32.2. The molecule has 2 aromatic rings. The van der Waals surface area contributed by atoms with Crippen molar-refractivity contribution in [1.82, 2.24) is 15.0 Å². The van der Waals surface area contributed by atoms with Crippen LogP contribution in [-0.4, -0.2) is 40.1 Å². The van der Waals surface area contributed by atoms with Gasteiger partial charge in [-0.3, -0.25) is 19.8 Å². The van der Waals surface area contributed by atoms with E-state index in [0.29, 0.717) is 5.56 Å². The standard InChI is InChI=1S/C16H18FN3O5S/c1-16(15(22)19-23,26(2,24)25)5-7-20-10-13(17)12(8-14(20)21)11-4-3-6-18-9-11/h3-4,6,8-10,23H,5,7H2,1-2H3,(H,19,22). The van der Waals surface area contributed by atoms with Crippen LogP contribution in [0.5, 0.6) is 0 Å². The van der Waals surface area contributed by atoms with Crippen molar-refractivity contribution in [1.29, 1.82) is 0 Å². The summed E-state index contributed by atoms with van der Waals surface area (Å²) in [6.45, 7) is 0.888. The molecule has 0 saturated heterocycles. The minimum atomic E-state index is -3.91. The van der Waals surface area contributed by atoms with Gasteiger partial charge < -0.3 is 4.57 Å². The fourth-order valence-electron chi connectivity index (χ4n) is 2.38. The zero-order valence-corrected chi connectivity index (χ0v) is 15.0. The molecule has 2 aromatic heterocycles. The summed E-state index contributed by atoms with van der Waals surface area (Å²) in [6.07, 6.45) is 4.39. The van der Waals surface area contributed by atoms with Gasteiger partial charge in [0, 0.05) is 48.6 Å². The maximum Gasteiger partial charge on any atom is 0.264 e. The Morgan fingerprint density at radius 3 is 2.69 bits per heavy atom. The van der Waals surface area contributed by atoms with Gasteiger partial charge in [-0.25, -0.2) is 18.3 Å². The molecule has 1 unspecified atom stereocenters. The Labute approximate surface area is 149 Å². The van der Waals surface area contributed by atoms with Crippen molar-refractivity contribution in [3.8, 4) is 11.1 Å². The molecule has 0 aliphatic rings. The third-order valence-electron chi connectivity index (χ3n) is 4.28. The molecule has 0 aliphatic carbocycles. The second-order valence-electron chi connectivity index (χ2n) is 6.00. The smallest absolute Gasteiger partial charge is 0.264 e. The molecule has 0 fully saturated rings. The normalized spacial score (nSPS) is 13.8. The second kappa shape index (κ2) is 7.34. The summed E-state index contributed by atoms with van der Waals surface area (Å²) >= 11 is 0. The van der Waals surface area contributed by atoms with Crippen LogP contribution in [0.1, 0.15) is 13.3 Å². The number of hydrogen-bond acceptors (Lipinski definition) is 6. The number of nitrogens with zero attached hydrogens (tertiary/aromatic N) is 2. The Morgan fingerprint density at radius 1 is 1.46 bits per heavy atom. The van der Waals surface area contributed by atoms with Crippen LogP contribution in [-0.2, 0) is 21.2 Å². The molecule has 8 nitrogen and oxygen atoms in total. The number of carbonyl (C=O) groups is 1. The number of carbonyl (C=O) groups excluding carboxylic acids is 1. The van der Waals surface area contributed by atoms with E-state index in [0.717, 1.165) is 30.0 Å². The van der Waals surface area contributed by atoms with Crippen LogP contribution in [0.3, 0.4) is 0 Å². The largest absolute Gasteiger partial charge is 0.312 e. The van der Waals surface area contributed by atoms with E-state index in [9.17, 15) is 22.4 Å². The summed E-state index contributed by atoms with van der Waals surface area (Å²) in [6, 6.07) is 4.28. The Hall–Kier alpha value is -2.59. The van der Waals surface area contributed by atoms with Crippen LogP contribution >= 0.6 is 0 Å². The molecule has 0 bridgehead atoms. The molecule has 0 aliphatic heterocycles. The number of halogens is 1. The molecule has 1 atom stereocenters. The van der Waals surface area contributed by atoms with Crippen molar-refractivity contribution in [2.45, 2.75) is 24.6 Å². The number of rotatable bonds is 6. The summed E-state index contributed by atoms with van der Waals surface area (Å²) in [5.74, 6) is -1.81. The van der Waals surface area contributed by atoms with Crippen LogP contribution in [0.15, 0.2) is 41.6 Å². The van der Waals surface area contributed by atoms with Gasteiger partial charge in [-0.05, 0) is 19.4 Å². The molecule has 0 saturated carbocycles. The molecule has 2 rings (SSSR count). The predicted octanol–water partition coefficient (Wildman–Crippen LogP) is 0.748. The van der Waals surface area contributed by atoms with E-state index in [2.05, 4.69) is 4.98 Å². The first-order chi connectivity index (χ1) is 12.1. The van der Waals surface area contributed by atoms with Crippen molar-refractivity contribution >= 4 is 15.7 Å². The average molecular weight is 383 g/mol. The fraction of sp³-hybridized carbons (Fsp3) is 0.312. The number of hydroxylamine groups is 1. The van der Waals surface area contributed by atoms with Crippen molar-refractivity contribution in [2.75, 3.05) is 6.26 Å². The minimum absolute atomic E-state index is 0.0679. The third kappa shape index (κ3) is 3.81. The monoisotopic (exact) mass is 383 g/mol. The van der Waals surface area contributed by atoms with Crippen LogP contribution in [0.2, 0.25) is 0 Å². The Kier molecular flexibility index (Phi) is 5.57. The topological polar surface area (TPSA) is 118 Å². The zero-order valence-electron chi connectivity index (χ0n) is 14.1. The molecule has 0 aromatic carbocycles. The molecule has 0 spiro atoms. The molecule has 10 heteroatoms. The minimum Gasteiger partial charge on any atom is -0.312 e. The summed E-state index contributed by atoms with van der Waals surface area (Å²) in [5.41, 5.74) is 1.25. The van der Waals surface area contributed by atoms with Crippen molar-refractivity contribution < 1.29 is 22.8 Å². The van der Waals surface area contributed by atoms with E-state index in [-0.39, 0.29) is 18.5 Å². The van der Waals surface area contributed by atoms with Gasteiger partial charge >= 0.3 is 0 Å². The maximum atomic E-state index is 14.4. The molecular formula is C16H18FN3O5S. The van der Waals surface area contributed by atoms with Crippen LogP contribution in [0.25, 0.3) is 11.1 Å². The molecule has 2 heterocycles. The van der Waals surface area contributed by atoms with Gasteiger partial charge in [0.15, 0.2) is 14.6 Å². The van der Waals surface area contributed by atoms with E-state index >= 15 is 0 Å². The lowest BCUT2D eigenvalue weighted by Crippen LogP contribution is -2.50. The molecular weight excluding hydrogens is 365 g/mol. The van der Waals surface area contributed by atoms with Gasteiger partial charge in [-0.2, -0.15) is 0 Å². The average Bonchev–Trinajstić information content (AvgIpc) is 2.60. The Morgan fingerprint density at radius 2 is 2.15 bits per heavy atom. The summed E-state index contributed by atoms with van der Waals surface area (Å²) in [5, 5.41) is 8.79. The van der Waals surface area contributed by atoms with Gasteiger partial charge in [0.25, 0.3) is 11.5 Å². The summed E-state index contributed by atoms with van der Waals surface area (Å²) < 4.78 is 37.2. The molecule has 140 valence electrons. The van der Waals surface area contributed by atoms with Gasteiger partial charge in [0.1, 0.15) is 5.82 Å². The predicted molar refractivity (Wildman–Crippen MR) is 91.7 cm³/mol. The van der Waals surface area contributed by atoms with E-state index in [4.69, 9.17) is 5.21 Å². The Balaban J connectivity index is 2.35. The summed E-state index contributed by atoms with van der Waals surface area (Å²) in [7, 11) is -3.91. The number of aromatic nitrogens is 2. The highest BCUT2D eigenvalue weighted by molar-refractivity contribution is 7.92. The number of aryl methyl sites for hydroxylation is 1. The highest BCUT2D eigenvalue weighted by Crippen LogP contribution is 2.23. The van der Waals surface area contributed by atoms with Crippen molar-refractivity contribution in [3.63, 3.8) is 0 Å². The van der Waals surface area contributed by atoms with Gasteiger partial charge in [0.2, 0.25) is 0 Å². The van der Waals surface area contributed by atoms with Crippen molar-refractivity contribution in [3.05, 3.63) is 53.0 Å². The lowest BCUT2D eigenvalue weighted by atomic mass is 10.1. The Bertz CT molecular complexity index is 975. The van der Waals surface area contributed by atoms with Crippen LogP contribution < -0.4 is 11.0 Å². The number of amides is 1. The van der Waals surface area contributed by atoms with E-state index in [1.807, 2.05) is 0 Å². The highest BCUT2D eigenvalue weighted by Gasteiger charge is 2.43.